The Morgan fingerprint density at radius 3 is 2.55 bits per heavy atom. The van der Waals surface area contributed by atoms with Gasteiger partial charge in [-0.25, -0.2) is 0 Å². The van der Waals surface area contributed by atoms with Crippen LogP contribution in [0.4, 0.5) is 0 Å². The monoisotopic (exact) mass is 290 g/mol. The summed E-state index contributed by atoms with van der Waals surface area (Å²) in [5, 5.41) is 12.3. The average molecular weight is 291 g/mol. The van der Waals surface area contributed by atoms with Gasteiger partial charge < -0.3 is 15.7 Å². The summed E-state index contributed by atoms with van der Waals surface area (Å²) >= 11 is 5.96. The van der Waals surface area contributed by atoms with Gasteiger partial charge in [0, 0.05) is 10.6 Å². The van der Waals surface area contributed by atoms with E-state index in [1.807, 2.05) is 32.0 Å². The van der Waals surface area contributed by atoms with Crippen molar-refractivity contribution >= 4 is 17.4 Å². The molecule has 2 aromatic rings. The van der Waals surface area contributed by atoms with E-state index in [1.54, 1.807) is 18.2 Å². The van der Waals surface area contributed by atoms with Crippen LogP contribution < -0.4 is 10.5 Å². The lowest BCUT2D eigenvalue weighted by molar-refractivity contribution is 0.318. The van der Waals surface area contributed by atoms with E-state index in [0.29, 0.717) is 22.1 Å². The van der Waals surface area contributed by atoms with Crippen LogP contribution in [0.1, 0.15) is 16.7 Å². The Kier molecular flexibility index (Phi) is 4.15. The highest BCUT2D eigenvalue weighted by atomic mass is 35.5. The second kappa shape index (κ2) is 5.84. The van der Waals surface area contributed by atoms with Crippen molar-refractivity contribution in [3.05, 3.63) is 58.1 Å². The SMILES string of the molecule is Cc1ccc(Cl)cc1Oc1ccc(/C(N)=N/O)c(C)c1. The summed E-state index contributed by atoms with van der Waals surface area (Å²) in [7, 11) is 0. The van der Waals surface area contributed by atoms with E-state index in [2.05, 4.69) is 5.16 Å². The molecule has 3 N–H and O–H groups in total. The van der Waals surface area contributed by atoms with Crippen LogP contribution in [0.15, 0.2) is 41.6 Å². The normalized spacial score (nSPS) is 11.4. The summed E-state index contributed by atoms with van der Waals surface area (Å²) in [5.41, 5.74) is 8.10. The van der Waals surface area contributed by atoms with Crippen molar-refractivity contribution in [2.45, 2.75) is 13.8 Å². The van der Waals surface area contributed by atoms with E-state index in [0.717, 1.165) is 11.1 Å². The second-order valence-electron chi connectivity index (χ2n) is 4.47. The second-order valence-corrected chi connectivity index (χ2v) is 4.91. The van der Waals surface area contributed by atoms with Gasteiger partial charge in [-0.15, -0.1) is 0 Å². The predicted molar refractivity (Wildman–Crippen MR) is 80.0 cm³/mol. The third kappa shape index (κ3) is 3.03. The van der Waals surface area contributed by atoms with Crippen molar-refractivity contribution in [2.24, 2.45) is 10.9 Å². The van der Waals surface area contributed by atoms with Gasteiger partial charge in [-0.1, -0.05) is 22.8 Å². The molecule has 4 nitrogen and oxygen atoms in total. The Labute approximate surface area is 122 Å². The number of benzene rings is 2. The Bertz CT molecular complexity index is 669. The lowest BCUT2D eigenvalue weighted by atomic mass is 10.1. The fraction of sp³-hybridized carbons (Fsp3) is 0.133. The summed E-state index contributed by atoms with van der Waals surface area (Å²) in [4.78, 5) is 0. The molecule has 0 amide bonds. The molecule has 0 aromatic heterocycles. The maximum Gasteiger partial charge on any atom is 0.170 e. The van der Waals surface area contributed by atoms with E-state index in [4.69, 9.17) is 27.3 Å². The molecule has 0 bridgehead atoms. The first kappa shape index (κ1) is 14.2. The minimum Gasteiger partial charge on any atom is -0.457 e. The van der Waals surface area contributed by atoms with Crippen molar-refractivity contribution in [1.82, 2.24) is 0 Å². The number of nitrogens with zero attached hydrogens (tertiary/aromatic N) is 1. The molecule has 0 aliphatic rings. The number of hydrogen-bond acceptors (Lipinski definition) is 3. The van der Waals surface area contributed by atoms with Gasteiger partial charge in [-0.2, -0.15) is 0 Å². The van der Waals surface area contributed by atoms with Gasteiger partial charge in [0.25, 0.3) is 0 Å². The Balaban J connectivity index is 2.31. The molecule has 0 aliphatic carbocycles. The maximum absolute atomic E-state index is 8.70. The molecule has 0 fully saturated rings. The molecular weight excluding hydrogens is 276 g/mol. The minimum absolute atomic E-state index is 0.0768. The quantitative estimate of drug-likeness (QED) is 0.390. The standard InChI is InChI=1S/C15H15ClN2O2/c1-9-3-4-11(16)8-14(9)20-12-5-6-13(10(2)7-12)15(17)18-19/h3-8,19H,1-2H3,(H2,17,18). The zero-order valence-electron chi connectivity index (χ0n) is 11.2. The third-order valence-corrected chi connectivity index (χ3v) is 3.19. The summed E-state index contributed by atoms with van der Waals surface area (Å²) in [6, 6.07) is 10.8. The first-order chi connectivity index (χ1) is 9.51. The van der Waals surface area contributed by atoms with Gasteiger partial charge in [0.1, 0.15) is 11.5 Å². The Hall–Kier alpha value is -2.20. The number of nitrogens with two attached hydrogens (primary N) is 1. The third-order valence-electron chi connectivity index (χ3n) is 2.96. The number of halogens is 1. The number of aryl methyl sites for hydroxylation is 2. The molecule has 0 radical (unpaired) electrons. The zero-order valence-corrected chi connectivity index (χ0v) is 12.0. The molecule has 0 heterocycles. The van der Waals surface area contributed by atoms with Crippen LogP contribution >= 0.6 is 11.6 Å². The van der Waals surface area contributed by atoms with E-state index >= 15 is 0 Å². The topological polar surface area (TPSA) is 67.8 Å². The van der Waals surface area contributed by atoms with E-state index in [-0.39, 0.29) is 5.84 Å². The number of oxime groups is 1. The average Bonchev–Trinajstić information content (AvgIpc) is 2.42. The molecule has 0 atom stereocenters. The number of rotatable bonds is 3. The van der Waals surface area contributed by atoms with Crippen molar-refractivity contribution in [3.63, 3.8) is 0 Å². The van der Waals surface area contributed by atoms with E-state index in [1.165, 1.54) is 0 Å². The number of hydrogen-bond donors (Lipinski definition) is 2. The molecule has 0 saturated carbocycles. The highest BCUT2D eigenvalue weighted by Gasteiger charge is 2.07. The highest BCUT2D eigenvalue weighted by Crippen LogP contribution is 2.29. The van der Waals surface area contributed by atoms with Gasteiger partial charge in [0.05, 0.1) is 0 Å². The molecule has 0 spiro atoms. The molecule has 0 saturated heterocycles. The Morgan fingerprint density at radius 1 is 1.15 bits per heavy atom. The fourth-order valence-corrected chi connectivity index (χ4v) is 2.01. The lowest BCUT2D eigenvalue weighted by Crippen LogP contribution is -2.14. The largest absolute Gasteiger partial charge is 0.457 e. The number of amidine groups is 1. The minimum atomic E-state index is 0.0768. The highest BCUT2D eigenvalue weighted by molar-refractivity contribution is 6.30. The summed E-state index contributed by atoms with van der Waals surface area (Å²) < 4.78 is 5.81. The van der Waals surface area contributed by atoms with Crippen LogP contribution in [-0.4, -0.2) is 11.0 Å². The van der Waals surface area contributed by atoms with Crippen LogP contribution in [0.5, 0.6) is 11.5 Å². The first-order valence-electron chi connectivity index (χ1n) is 6.04. The van der Waals surface area contributed by atoms with Crippen molar-refractivity contribution in [3.8, 4) is 11.5 Å². The van der Waals surface area contributed by atoms with E-state index < -0.39 is 0 Å². The van der Waals surface area contributed by atoms with Gasteiger partial charge in [-0.05, 0) is 55.3 Å². The first-order valence-corrected chi connectivity index (χ1v) is 6.41. The van der Waals surface area contributed by atoms with Crippen molar-refractivity contribution < 1.29 is 9.94 Å². The molecular formula is C15H15ClN2O2. The van der Waals surface area contributed by atoms with Gasteiger partial charge in [0.15, 0.2) is 5.84 Å². The molecule has 2 rings (SSSR count). The van der Waals surface area contributed by atoms with Crippen LogP contribution in [-0.2, 0) is 0 Å². The predicted octanol–water partition coefficient (Wildman–Crippen LogP) is 3.84. The van der Waals surface area contributed by atoms with Crippen LogP contribution in [0, 0.1) is 13.8 Å². The number of ether oxygens (including phenoxy) is 1. The zero-order chi connectivity index (χ0) is 14.7. The van der Waals surface area contributed by atoms with Gasteiger partial charge in [0.2, 0.25) is 0 Å². The van der Waals surface area contributed by atoms with Crippen LogP contribution in [0.25, 0.3) is 0 Å². The fourth-order valence-electron chi connectivity index (χ4n) is 1.85. The summed E-state index contributed by atoms with van der Waals surface area (Å²) in [6.45, 7) is 3.81. The molecule has 104 valence electrons. The maximum atomic E-state index is 8.70. The van der Waals surface area contributed by atoms with Crippen LogP contribution in [0.2, 0.25) is 5.02 Å². The van der Waals surface area contributed by atoms with Crippen molar-refractivity contribution in [2.75, 3.05) is 0 Å². The van der Waals surface area contributed by atoms with Gasteiger partial charge >= 0.3 is 0 Å². The van der Waals surface area contributed by atoms with Crippen molar-refractivity contribution in [1.29, 1.82) is 0 Å². The molecule has 20 heavy (non-hydrogen) atoms. The van der Waals surface area contributed by atoms with Crippen LogP contribution in [0.3, 0.4) is 0 Å². The molecule has 5 heteroatoms. The summed E-state index contributed by atoms with van der Waals surface area (Å²) in [6.07, 6.45) is 0. The molecule has 0 aliphatic heterocycles. The summed E-state index contributed by atoms with van der Waals surface area (Å²) in [5.74, 6) is 1.45. The van der Waals surface area contributed by atoms with E-state index in [9.17, 15) is 0 Å². The Morgan fingerprint density at radius 2 is 1.90 bits per heavy atom. The lowest BCUT2D eigenvalue weighted by Gasteiger charge is -2.11. The smallest absolute Gasteiger partial charge is 0.170 e. The molecule has 2 aromatic carbocycles. The van der Waals surface area contributed by atoms with Gasteiger partial charge in [-0.3, -0.25) is 0 Å². The molecule has 0 unspecified atom stereocenters.